The maximum absolute atomic E-state index is 13.8. The second-order valence-corrected chi connectivity index (χ2v) is 29.7. The molecule has 1 saturated carbocycles. The highest BCUT2D eigenvalue weighted by Gasteiger charge is 2.46. The maximum Gasteiger partial charge on any atom is 0.268 e. The van der Waals surface area contributed by atoms with Gasteiger partial charge in [-0.25, -0.2) is 14.1 Å². The SMILES string of the molecule is CC(NC(=O)c1cc2cc(Cl)ccc2[nH]1)c1ccn(-c2ccccc2)n1.COc1ccc2[nH]c(C(=O)N[C@H](C)c3ccccc3)cc2c1.C[C@@H](NC(=O)c1cc2cc(Cl)cc(F)c2[nH]1)c1ccccc1.O=C(CC1(c2ccccc2)COC1)c1cc2cc(Cl)cnc2[nH]1.O=C(NC1(c2ccccc2)CC1)c1cc2ccc(O)cc2[nH]1. The Bertz CT molecular complexity index is 6140. The van der Waals surface area contributed by atoms with Gasteiger partial charge in [-0.15, -0.1) is 0 Å². The fourth-order valence-electron chi connectivity index (χ4n) is 13.7. The zero-order chi connectivity index (χ0) is 80.3. The minimum atomic E-state index is -0.474. The fourth-order valence-corrected chi connectivity index (χ4v) is 14.2. The average Bonchev–Trinajstić information content (AvgIpc) is 1.71. The first-order valence-corrected chi connectivity index (χ1v) is 38.3. The zero-order valence-electron chi connectivity index (χ0n) is 62.9. The molecule has 18 rings (SSSR count). The summed E-state index contributed by atoms with van der Waals surface area (Å²) in [6, 6.07) is 80.7. The molecule has 2 aliphatic rings. The summed E-state index contributed by atoms with van der Waals surface area (Å²) in [5, 5.41) is 31.7. The summed E-state index contributed by atoms with van der Waals surface area (Å²) in [5.74, 6) is -0.157. The predicted molar refractivity (Wildman–Crippen MR) is 449 cm³/mol. The van der Waals surface area contributed by atoms with Gasteiger partial charge in [0.2, 0.25) is 0 Å². The van der Waals surface area contributed by atoms with Gasteiger partial charge in [-0.05, 0) is 171 Å². The number of pyridine rings is 1. The number of carbonyl (C=O) groups excluding carboxylic acids is 5. The van der Waals surface area contributed by atoms with Crippen molar-refractivity contribution in [1.29, 1.82) is 0 Å². The lowest BCUT2D eigenvalue weighted by Crippen LogP contribution is -2.48. The number of nitrogens with one attached hydrogen (secondary N) is 9. The van der Waals surface area contributed by atoms with Crippen LogP contribution in [0.15, 0.2) is 273 Å². The molecule has 16 aromatic rings. The molecule has 580 valence electrons. The molecule has 2 fully saturated rings. The van der Waals surface area contributed by atoms with Gasteiger partial charge in [0, 0.05) is 83.8 Å². The van der Waals surface area contributed by atoms with E-state index in [-0.39, 0.29) is 69.8 Å². The average molecular weight is 1600 g/mol. The smallest absolute Gasteiger partial charge is 0.268 e. The monoisotopic (exact) mass is 1590 g/mol. The number of ether oxygens (including phenoxy) is 2. The van der Waals surface area contributed by atoms with Crippen LogP contribution in [0.1, 0.15) is 139 Å². The first-order chi connectivity index (χ1) is 55.6. The Labute approximate surface area is 675 Å². The molecule has 3 atom stereocenters. The number of fused-ring (bicyclic) bond motifs is 5. The van der Waals surface area contributed by atoms with Crippen molar-refractivity contribution in [2.75, 3.05) is 20.3 Å². The Morgan fingerprint density at radius 2 is 1.02 bits per heavy atom. The van der Waals surface area contributed by atoms with Gasteiger partial charge in [0.15, 0.2) is 5.78 Å². The number of aromatic nitrogens is 8. The van der Waals surface area contributed by atoms with E-state index in [4.69, 9.17) is 44.3 Å². The highest BCUT2D eigenvalue weighted by atomic mass is 35.5. The van der Waals surface area contributed by atoms with Gasteiger partial charge >= 0.3 is 0 Å². The number of amides is 4. The molecule has 7 aromatic heterocycles. The lowest BCUT2D eigenvalue weighted by atomic mass is 9.74. The number of rotatable bonds is 18. The third-order valence-electron chi connectivity index (χ3n) is 20.2. The Morgan fingerprint density at radius 3 is 1.62 bits per heavy atom. The van der Waals surface area contributed by atoms with Crippen LogP contribution < -0.4 is 26.0 Å². The van der Waals surface area contributed by atoms with Gasteiger partial charge in [-0.3, -0.25) is 24.0 Å². The first kappa shape index (κ1) is 78.6. The summed E-state index contributed by atoms with van der Waals surface area (Å²) >= 11 is 17.8. The van der Waals surface area contributed by atoms with E-state index < -0.39 is 5.82 Å². The zero-order valence-corrected chi connectivity index (χ0v) is 65.2. The van der Waals surface area contributed by atoms with E-state index in [1.54, 1.807) is 66.5 Å². The van der Waals surface area contributed by atoms with Gasteiger partial charge in [0.1, 0.15) is 45.7 Å². The van der Waals surface area contributed by atoms with Crippen LogP contribution in [0.2, 0.25) is 15.1 Å². The number of aromatic hydroxyl groups is 1. The lowest BCUT2D eigenvalue weighted by molar-refractivity contribution is -0.0601. The van der Waals surface area contributed by atoms with Gasteiger partial charge in [0.25, 0.3) is 23.6 Å². The number of benzene rings is 9. The minimum Gasteiger partial charge on any atom is -0.508 e. The Balaban J connectivity index is 0.000000119. The van der Waals surface area contributed by atoms with E-state index in [0.717, 1.165) is 90.3 Å². The molecule has 0 spiro atoms. The van der Waals surface area contributed by atoms with Crippen molar-refractivity contribution in [1.82, 2.24) is 61.0 Å². The van der Waals surface area contributed by atoms with Crippen molar-refractivity contribution < 1.29 is 42.9 Å². The van der Waals surface area contributed by atoms with E-state index in [1.165, 1.54) is 6.07 Å². The van der Waals surface area contributed by atoms with Gasteiger partial charge in [0.05, 0.1) is 71.6 Å². The first-order valence-electron chi connectivity index (χ1n) is 37.2. The third kappa shape index (κ3) is 18.9. The van der Waals surface area contributed by atoms with Crippen LogP contribution in [0.25, 0.3) is 60.3 Å². The van der Waals surface area contributed by atoms with E-state index >= 15 is 0 Å². The molecule has 1 unspecified atom stereocenters. The second kappa shape index (κ2) is 34.9. The van der Waals surface area contributed by atoms with Crippen LogP contribution in [0, 0.1) is 5.82 Å². The molecule has 20 nitrogen and oxygen atoms in total. The lowest BCUT2D eigenvalue weighted by Gasteiger charge is -2.41. The summed E-state index contributed by atoms with van der Waals surface area (Å²) in [6.07, 6.45) is 5.79. The van der Waals surface area contributed by atoms with Gasteiger partial charge in [-0.1, -0.05) is 174 Å². The van der Waals surface area contributed by atoms with Crippen LogP contribution >= 0.6 is 34.8 Å². The summed E-state index contributed by atoms with van der Waals surface area (Å²) in [4.78, 5) is 81.9. The number of hydrogen-bond acceptors (Lipinski definition) is 10. The Morgan fingerprint density at radius 1 is 0.504 bits per heavy atom. The molecule has 1 aliphatic heterocycles. The van der Waals surface area contributed by atoms with Crippen molar-refractivity contribution in [3.05, 3.63) is 351 Å². The van der Waals surface area contributed by atoms with E-state index in [9.17, 15) is 33.5 Å². The summed E-state index contributed by atoms with van der Waals surface area (Å²) in [5.41, 5.74) is 11.6. The van der Waals surface area contributed by atoms with Crippen LogP contribution in [0.5, 0.6) is 11.5 Å². The third-order valence-corrected chi connectivity index (χ3v) is 20.8. The maximum atomic E-state index is 13.8. The topological polar surface area (TPSA) is 282 Å². The van der Waals surface area contributed by atoms with Crippen LogP contribution in [-0.2, 0) is 15.7 Å². The van der Waals surface area contributed by atoms with E-state index in [1.807, 2.05) is 209 Å². The quantitative estimate of drug-likeness (QED) is 0.0363. The second-order valence-electron chi connectivity index (χ2n) is 28.4. The number of phenolic OH excluding ortho intramolecular Hbond substituents is 1. The number of methoxy groups -OCH3 is 1. The highest BCUT2D eigenvalue weighted by Crippen LogP contribution is 2.46. The molecular formula is C91H80Cl3FN12O8. The summed E-state index contributed by atoms with van der Waals surface area (Å²) in [6.45, 7) is 6.93. The van der Waals surface area contributed by atoms with Crippen molar-refractivity contribution in [2.24, 2.45) is 0 Å². The molecule has 0 radical (unpaired) electrons. The fraction of sp³-hybridized carbons (Fsp3) is 0.154. The molecule has 115 heavy (non-hydrogen) atoms. The number of carbonyl (C=O) groups is 5. The van der Waals surface area contributed by atoms with Crippen LogP contribution in [-0.4, -0.2) is 94.5 Å². The Kier molecular flexibility index (Phi) is 23.9. The Hall–Kier alpha value is -13.1. The minimum absolute atomic E-state index is 0.0466. The number of hydrogen-bond donors (Lipinski definition) is 10. The standard InChI is InChI=1S/C20H17ClN4O.C18H15ClN2O2.C18H16N2O2.C18H18N2O2.C17H14ClFN2O/c1-13(17-9-10-25(24-17)16-5-3-2-4-6-16)22-20(26)19-12-14-11-15(21)7-8-18(14)23-19;19-14-6-12-7-15(21-17(12)20-9-14)16(22)8-18(10-23-11-18)13-4-2-1-3-5-13;21-14-7-6-12-10-16(19-15(12)11-14)17(22)20-18(8-9-18)13-4-2-1-3-5-13;1-12(13-6-4-3-5-7-13)19-18(21)17-11-14-10-15(22-2)8-9-16(14)20-17;1-10(11-5-3-2-4-6-11)20-17(22)15-8-12-7-13(18)9-14(19)16(12)21-15/h2-13,23H,1H3,(H,22,26);1-7,9H,8,10-11H2,(H,20,21);1-7,10-11,19,21H,8-9H2,(H,20,22);3-12,20H,1-2H3,(H,19,21);2-10,21H,1H3,(H,20,22)/t;;;12-;10-/m...11/s1. The highest BCUT2D eigenvalue weighted by molar-refractivity contribution is 6.32. The number of Topliss-reactive ketones (excluding diaryl/α,β-unsaturated/α-hetero) is 1. The number of phenols is 1. The van der Waals surface area contributed by atoms with Crippen LogP contribution in [0.3, 0.4) is 0 Å². The normalized spacial score (nSPS) is 13.7. The molecule has 1 saturated heterocycles. The number of H-pyrrole nitrogens is 5. The predicted octanol–water partition coefficient (Wildman–Crippen LogP) is 19.7. The van der Waals surface area contributed by atoms with Crippen molar-refractivity contribution in [3.63, 3.8) is 0 Å². The molecule has 10 N–H and O–H groups in total. The number of aromatic amines is 5. The molecular weight excluding hydrogens is 1510 g/mol. The van der Waals surface area contributed by atoms with E-state index in [0.29, 0.717) is 74.2 Å². The number of halogens is 4. The number of para-hydroxylation sites is 1. The van der Waals surface area contributed by atoms with E-state index in [2.05, 4.69) is 80.5 Å². The van der Waals surface area contributed by atoms with Crippen molar-refractivity contribution in [2.45, 2.75) is 69.1 Å². The number of ketones is 1. The summed E-state index contributed by atoms with van der Waals surface area (Å²) < 4.78 is 26.2. The van der Waals surface area contributed by atoms with Crippen molar-refractivity contribution in [3.8, 4) is 17.2 Å². The van der Waals surface area contributed by atoms with Crippen LogP contribution in [0.4, 0.5) is 4.39 Å². The molecule has 4 amide bonds. The largest absolute Gasteiger partial charge is 0.508 e. The molecule has 9 aromatic carbocycles. The van der Waals surface area contributed by atoms with Gasteiger partial charge < -0.3 is 60.8 Å². The molecule has 0 bridgehead atoms. The molecule has 8 heterocycles. The van der Waals surface area contributed by atoms with Crippen molar-refractivity contribution >= 4 is 119 Å². The molecule has 1 aliphatic carbocycles. The summed E-state index contributed by atoms with van der Waals surface area (Å²) in [7, 11) is 1.63. The van der Waals surface area contributed by atoms with Gasteiger partial charge in [-0.2, -0.15) is 5.10 Å². The number of nitrogens with zero attached hydrogens (tertiary/aromatic N) is 3. The molecule has 24 heteroatoms.